The molecule has 0 spiro atoms. The number of fused-ring (bicyclic) bond motifs is 1. The van der Waals surface area contributed by atoms with Crippen molar-refractivity contribution in [1.29, 1.82) is 0 Å². The van der Waals surface area contributed by atoms with E-state index in [1.54, 1.807) is 0 Å². The third-order valence-electron chi connectivity index (χ3n) is 3.34. The number of hydrogen-bond donors (Lipinski definition) is 2. The number of thioether (sulfide) groups is 1. The Bertz CT molecular complexity index is 352. The van der Waals surface area contributed by atoms with Crippen molar-refractivity contribution in [3.05, 3.63) is 24.3 Å². The van der Waals surface area contributed by atoms with Crippen LogP contribution in [-0.4, -0.2) is 10.7 Å². The van der Waals surface area contributed by atoms with Gasteiger partial charge in [-0.2, -0.15) is 0 Å². The fourth-order valence-corrected chi connectivity index (χ4v) is 4.63. The molecule has 4 heteroatoms. The molecule has 2 aliphatic rings. The van der Waals surface area contributed by atoms with Gasteiger partial charge in [-0.15, -0.1) is 0 Å². The molecule has 1 heterocycles. The standard InChI is InChI=1S/C13H18N2S2/c1-2-6-10(7-3-1)15-17-13-14-11-8-4-5-9-12(11)16-13/h4-5,8-10,13-15H,1-3,6-7H2. The van der Waals surface area contributed by atoms with Crippen LogP contribution in [-0.2, 0) is 0 Å². The molecule has 1 aliphatic carbocycles. The first-order chi connectivity index (χ1) is 8.42. The van der Waals surface area contributed by atoms with Gasteiger partial charge in [-0.25, -0.2) is 0 Å². The maximum Gasteiger partial charge on any atom is 0.138 e. The van der Waals surface area contributed by atoms with Crippen LogP contribution in [0.5, 0.6) is 0 Å². The summed E-state index contributed by atoms with van der Waals surface area (Å²) in [5, 5.41) is 3.54. The Hall–Kier alpha value is -0.320. The second-order valence-electron chi connectivity index (χ2n) is 4.66. The van der Waals surface area contributed by atoms with Gasteiger partial charge in [-0.1, -0.05) is 43.2 Å². The predicted octanol–water partition coefficient (Wildman–Crippen LogP) is 4.06. The normalized spacial score (nSPS) is 24.4. The van der Waals surface area contributed by atoms with Crippen LogP contribution in [0.15, 0.2) is 29.2 Å². The van der Waals surface area contributed by atoms with E-state index < -0.39 is 0 Å². The lowest BCUT2D eigenvalue weighted by atomic mass is 9.96. The molecule has 1 saturated carbocycles. The molecule has 2 N–H and O–H groups in total. The fourth-order valence-electron chi connectivity index (χ4n) is 2.39. The van der Waals surface area contributed by atoms with Crippen molar-refractivity contribution in [2.45, 2.75) is 47.7 Å². The average Bonchev–Trinajstić information content (AvgIpc) is 2.80. The molecule has 1 fully saturated rings. The highest BCUT2D eigenvalue weighted by atomic mass is 32.2. The first-order valence-corrected chi connectivity index (χ1v) is 8.11. The molecule has 1 aliphatic heterocycles. The molecule has 0 aromatic heterocycles. The molecule has 1 unspecified atom stereocenters. The van der Waals surface area contributed by atoms with Crippen molar-refractivity contribution in [1.82, 2.24) is 4.72 Å². The number of rotatable bonds is 3. The first kappa shape index (κ1) is 11.8. The molecule has 1 aromatic rings. The highest BCUT2D eigenvalue weighted by Crippen LogP contribution is 2.42. The van der Waals surface area contributed by atoms with Crippen LogP contribution < -0.4 is 10.0 Å². The molecule has 1 aromatic carbocycles. The maximum atomic E-state index is 3.63. The minimum atomic E-state index is 0.425. The van der Waals surface area contributed by atoms with E-state index in [9.17, 15) is 0 Å². The van der Waals surface area contributed by atoms with E-state index in [1.807, 2.05) is 23.7 Å². The van der Waals surface area contributed by atoms with Gasteiger partial charge in [0.25, 0.3) is 0 Å². The van der Waals surface area contributed by atoms with E-state index in [4.69, 9.17) is 0 Å². The van der Waals surface area contributed by atoms with Crippen LogP contribution in [0.25, 0.3) is 0 Å². The molecular weight excluding hydrogens is 248 g/mol. The Labute approximate surface area is 111 Å². The zero-order valence-electron chi connectivity index (χ0n) is 9.82. The fraction of sp³-hybridized carbons (Fsp3) is 0.538. The van der Waals surface area contributed by atoms with Crippen LogP contribution in [0, 0.1) is 0 Å². The Kier molecular flexibility index (Phi) is 3.84. The van der Waals surface area contributed by atoms with Gasteiger partial charge in [-0.05, 0) is 36.9 Å². The molecule has 3 rings (SSSR count). The van der Waals surface area contributed by atoms with Gasteiger partial charge < -0.3 is 5.32 Å². The Morgan fingerprint density at radius 3 is 2.82 bits per heavy atom. The quantitative estimate of drug-likeness (QED) is 0.806. The Morgan fingerprint density at radius 1 is 1.18 bits per heavy atom. The summed E-state index contributed by atoms with van der Waals surface area (Å²) in [6, 6.07) is 9.26. The van der Waals surface area contributed by atoms with Crippen molar-refractivity contribution in [2.75, 3.05) is 5.32 Å². The lowest BCUT2D eigenvalue weighted by Crippen LogP contribution is -2.28. The molecular formula is C13H18N2S2. The molecule has 0 saturated heterocycles. The number of benzene rings is 1. The molecule has 2 nitrogen and oxygen atoms in total. The predicted molar refractivity (Wildman–Crippen MR) is 77.3 cm³/mol. The van der Waals surface area contributed by atoms with Crippen LogP contribution in [0.3, 0.4) is 0 Å². The molecule has 0 radical (unpaired) electrons. The number of anilines is 1. The summed E-state index contributed by atoms with van der Waals surface area (Å²) in [5.41, 5.74) is 1.28. The summed E-state index contributed by atoms with van der Waals surface area (Å²) in [7, 11) is 0. The van der Waals surface area contributed by atoms with Crippen molar-refractivity contribution >= 4 is 29.4 Å². The maximum absolute atomic E-state index is 3.63. The third kappa shape index (κ3) is 2.92. The first-order valence-electron chi connectivity index (χ1n) is 6.35. The monoisotopic (exact) mass is 266 g/mol. The summed E-state index contributed by atoms with van der Waals surface area (Å²) in [4.78, 5) is 1.37. The topological polar surface area (TPSA) is 24.1 Å². The second-order valence-corrected chi connectivity index (χ2v) is 7.05. The largest absolute Gasteiger partial charge is 0.363 e. The summed E-state index contributed by atoms with van der Waals surface area (Å²) in [6.45, 7) is 0. The van der Waals surface area contributed by atoms with Crippen molar-refractivity contribution < 1.29 is 0 Å². The lowest BCUT2D eigenvalue weighted by Gasteiger charge is -2.23. The van der Waals surface area contributed by atoms with E-state index in [2.05, 4.69) is 34.3 Å². The number of hydrogen-bond acceptors (Lipinski definition) is 4. The summed E-state index contributed by atoms with van der Waals surface area (Å²) in [6.07, 6.45) is 6.90. The average molecular weight is 266 g/mol. The molecule has 92 valence electrons. The highest BCUT2D eigenvalue weighted by Gasteiger charge is 2.22. The minimum absolute atomic E-state index is 0.425. The second kappa shape index (κ2) is 5.55. The summed E-state index contributed by atoms with van der Waals surface area (Å²) >= 11 is 3.76. The molecule has 17 heavy (non-hydrogen) atoms. The van der Waals surface area contributed by atoms with Gasteiger partial charge in [-0.3, -0.25) is 4.72 Å². The number of para-hydroxylation sites is 1. The SMILES string of the molecule is c1ccc2c(c1)NC(SNC1CCCCC1)S2. The zero-order chi connectivity index (χ0) is 11.5. The van der Waals surface area contributed by atoms with Crippen molar-refractivity contribution in [3.63, 3.8) is 0 Å². The molecule has 0 amide bonds. The third-order valence-corrected chi connectivity index (χ3v) is 5.66. The zero-order valence-corrected chi connectivity index (χ0v) is 11.4. The van der Waals surface area contributed by atoms with E-state index in [1.165, 1.54) is 42.7 Å². The van der Waals surface area contributed by atoms with E-state index >= 15 is 0 Å². The van der Waals surface area contributed by atoms with Gasteiger partial charge >= 0.3 is 0 Å². The Balaban J connectivity index is 1.48. The highest BCUT2D eigenvalue weighted by molar-refractivity contribution is 8.16. The van der Waals surface area contributed by atoms with Gasteiger partial charge in [0, 0.05) is 16.6 Å². The van der Waals surface area contributed by atoms with E-state index in [-0.39, 0.29) is 0 Å². The van der Waals surface area contributed by atoms with Crippen molar-refractivity contribution in [2.24, 2.45) is 0 Å². The van der Waals surface area contributed by atoms with Gasteiger partial charge in [0.05, 0.1) is 0 Å². The van der Waals surface area contributed by atoms with Crippen LogP contribution in [0.2, 0.25) is 0 Å². The van der Waals surface area contributed by atoms with Crippen LogP contribution >= 0.6 is 23.7 Å². The number of nitrogens with one attached hydrogen (secondary N) is 2. The van der Waals surface area contributed by atoms with Crippen LogP contribution in [0.4, 0.5) is 5.69 Å². The van der Waals surface area contributed by atoms with E-state index in [0.717, 1.165) is 6.04 Å². The Morgan fingerprint density at radius 2 is 2.00 bits per heavy atom. The summed E-state index contributed by atoms with van der Waals surface area (Å²) in [5.74, 6) is 0. The van der Waals surface area contributed by atoms with Gasteiger partial charge in [0.15, 0.2) is 0 Å². The molecule has 0 bridgehead atoms. The lowest BCUT2D eigenvalue weighted by molar-refractivity contribution is 0.423. The van der Waals surface area contributed by atoms with Gasteiger partial charge in [0.1, 0.15) is 4.71 Å². The van der Waals surface area contributed by atoms with E-state index in [0.29, 0.717) is 4.71 Å². The summed E-state index contributed by atoms with van der Waals surface area (Å²) < 4.78 is 4.06. The minimum Gasteiger partial charge on any atom is -0.363 e. The molecule has 1 atom stereocenters. The smallest absolute Gasteiger partial charge is 0.138 e. The van der Waals surface area contributed by atoms with Crippen molar-refractivity contribution in [3.8, 4) is 0 Å². The van der Waals surface area contributed by atoms with Gasteiger partial charge in [0.2, 0.25) is 0 Å². The van der Waals surface area contributed by atoms with Crippen LogP contribution in [0.1, 0.15) is 32.1 Å².